The molecule has 1 aromatic carbocycles. The van der Waals surface area contributed by atoms with Crippen LogP contribution in [0.1, 0.15) is 73.9 Å². The zero-order valence-electron chi connectivity index (χ0n) is 18.2. The highest BCUT2D eigenvalue weighted by Gasteiger charge is 2.47. The van der Waals surface area contributed by atoms with E-state index in [1.807, 2.05) is 17.5 Å². The monoisotopic (exact) mass is 438 g/mol. The minimum Gasteiger partial charge on any atom is -0.344 e. The van der Waals surface area contributed by atoms with Gasteiger partial charge in [-0.05, 0) is 41.3 Å². The summed E-state index contributed by atoms with van der Waals surface area (Å²) in [5, 5.41) is 5.12. The standard InChI is InChI=1S/C25H30N2O3S/c1-16(2)17-9-11-18(12-10-17)23(21-8-5-15-31-21)26-22(28)13-14-27-24(29)19-6-3-4-7-20(19)25(27)30/h5,8-12,15-16,19-20,23H,3-4,6-7,13-14H2,1-2H3,(H,26,28). The van der Waals surface area contributed by atoms with Crippen LogP contribution in [0, 0.1) is 11.8 Å². The molecule has 1 saturated heterocycles. The third-order valence-electron chi connectivity index (χ3n) is 6.56. The number of hydrogen-bond acceptors (Lipinski definition) is 4. The SMILES string of the molecule is CC(C)c1ccc(C(NC(=O)CCN2C(=O)C3CCCCC3C2=O)c2cccs2)cc1. The van der Waals surface area contributed by atoms with E-state index >= 15 is 0 Å². The quantitative estimate of drug-likeness (QED) is 0.640. The lowest BCUT2D eigenvalue weighted by molar-refractivity contribution is -0.140. The summed E-state index contributed by atoms with van der Waals surface area (Å²) in [4.78, 5) is 40.5. The zero-order chi connectivity index (χ0) is 22.0. The molecular formula is C25H30N2O3S. The summed E-state index contributed by atoms with van der Waals surface area (Å²) in [5.41, 5.74) is 2.28. The predicted octanol–water partition coefficient (Wildman–Crippen LogP) is 4.64. The highest BCUT2D eigenvalue weighted by molar-refractivity contribution is 7.10. The molecule has 6 heteroatoms. The van der Waals surface area contributed by atoms with Gasteiger partial charge < -0.3 is 5.32 Å². The average Bonchev–Trinajstić information content (AvgIpc) is 3.39. The molecule has 3 unspecified atom stereocenters. The van der Waals surface area contributed by atoms with E-state index in [2.05, 4.69) is 43.4 Å². The van der Waals surface area contributed by atoms with Crippen molar-refractivity contribution in [1.29, 1.82) is 0 Å². The Labute approximate surface area is 187 Å². The summed E-state index contributed by atoms with van der Waals surface area (Å²) in [6.07, 6.45) is 3.73. The maximum Gasteiger partial charge on any atom is 0.233 e. The van der Waals surface area contributed by atoms with Crippen LogP contribution in [0.25, 0.3) is 0 Å². The Hall–Kier alpha value is -2.47. The third kappa shape index (κ3) is 4.59. The molecule has 3 amide bonds. The molecule has 2 heterocycles. The fourth-order valence-corrected chi connectivity index (χ4v) is 5.55. The first-order valence-electron chi connectivity index (χ1n) is 11.2. The minimum atomic E-state index is -0.235. The topological polar surface area (TPSA) is 66.5 Å². The van der Waals surface area contributed by atoms with E-state index in [4.69, 9.17) is 0 Å². The van der Waals surface area contributed by atoms with Crippen molar-refractivity contribution in [2.24, 2.45) is 11.8 Å². The second-order valence-electron chi connectivity index (χ2n) is 8.91. The van der Waals surface area contributed by atoms with Crippen molar-refractivity contribution in [2.45, 2.75) is 57.9 Å². The molecule has 1 aliphatic carbocycles. The molecule has 5 nitrogen and oxygen atoms in total. The van der Waals surface area contributed by atoms with Gasteiger partial charge in [0.2, 0.25) is 17.7 Å². The summed E-state index contributed by atoms with van der Waals surface area (Å²) < 4.78 is 0. The van der Waals surface area contributed by atoms with Crippen LogP contribution in [0.15, 0.2) is 41.8 Å². The molecule has 1 aliphatic heterocycles. The van der Waals surface area contributed by atoms with E-state index in [1.165, 1.54) is 10.5 Å². The van der Waals surface area contributed by atoms with Crippen molar-refractivity contribution in [3.05, 3.63) is 57.8 Å². The highest BCUT2D eigenvalue weighted by Crippen LogP contribution is 2.38. The summed E-state index contributed by atoms with van der Waals surface area (Å²) in [6.45, 7) is 4.48. The van der Waals surface area contributed by atoms with E-state index in [1.54, 1.807) is 11.3 Å². The number of carbonyl (C=O) groups is 3. The lowest BCUT2D eigenvalue weighted by Gasteiger charge is -2.20. The number of rotatable bonds is 7. The number of carbonyl (C=O) groups excluding carboxylic acids is 3. The number of hydrogen-bond donors (Lipinski definition) is 1. The molecule has 3 atom stereocenters. The third-order valence-corrected chi connectivity index (χ3v) is 7.50. The van der Waals surface area contributed by atoms with Crippen LogP contribution in [-0.4, -0.2) is 29.2 Å². The molecule has 1 N–H and O–H groups in total. The van der Waals surface area contributed by atoms with Gasteiger partial charge in [0.1, 0.15) is 0 Å². The smallest absolute Gasteiger partial charge is 0.233 e. The average molecular weight is 439 g/mol. The van der Waals surface area contributed by atoms with Gasteiger partial charge in [0, 0.05) is 17.8 Å². The van der Waals surface area contributed by atoms with Crippen molar-refractivity contribution in [3.8, 4) is 0 Å². The lowest BCUT2D eigenvalue weighted by atomic mass is 9.81. The Morgan fingerprint density at radius 1 is 1.03 bits per heavy atom. The van der Waals surface area contributed by atoms with Crippen molar-refractivity contribution in [3.63, 3.8) is 0 Å². The Morgan fingerprint density at radius 2 is 1.65 bits per heavy atom. The first-order chi connectivity index (χ1) is 15.0. The van der Waals surface area contributed by atoms with Crippen LogP contribution in [0.4, 0.5) is 0 Å². The molecule has 0 spiro atoms. The second-order valence-corrected chi connectivity index (χ2v) is 9.89. The normalized spacial score (nSPS) is 22.0. The van der Waals surface area contributed by atoms with Gasteiger partial charge >= 0.3 is 0 Å². The Kier molecular flexibility index (Phi) is 6.56. The minimum absolute atomic E-state index is 0.0819. The van der Waals surface area contributed by atoms with Crippen LogP contribution in [0.5, 0.6) is 0 Å². The first-order valence-corrected chi connectivity index (χ1v) is 12.1. The van der Waals surface area contributed by atoms with Crippen molar-refractivity contribution in [1.82, 2.24) is 10.2 Å². The van der Waals surface area contributed by atoms with E-state index in [0.717, 1.165) is 36.1 Å². The van der Waals surface area contributed by atoms with Gasteiger partial charge in [0.15, 0.2) is 0 Å². The van der Waals surface area contributed by atoms with Crippen LogP contribution < -0.4 is 5.32 Å². The number of nitrogens with one attached hydrogen (secondary N) is 1. The van der Waals surface area contributed by atoms with E-state index in [-0.39, 0.29) is 48.6 Å². The number of amides is 3. The molecule has 31 heavy (non-hydrogen) atoms. The maximum atomic E-state index is 12.8. The number of benzene rings is 1. The molecule has 0 bridgehead atoms. The van der Waals surface area contributed by atoms with Gasteiger partial charge in [-0.2, -0.15) is 0 Å². The number of thiophene rings is 1. The molecule has 1 aromatic heterocycles. The van der Waals surface area contributed by atoms with Gasteiger partial charge in [-0.25, -0.2) is 0 Å². The van der Waals surface area contributed by atoms with Gasteiger partial charge in [0.05, 0.1) is 17.9 Å². The largest absolute Gasteiger partial charge is 0.344 e. The van der Waals surface area contributed by atoms with Gasteiger partial charge in [-0.3, -0.25) is 19.3 Å². The molecule has 4 rings (SSSR count). The van der Waals surface area contributed by atoms with Crippen LogP contribution >= 0.6 is 11.3 Å². The summed E-state index contributed by atoms with van der Waals surface area (Å²) in [7, 11) is 0. The van der Waals surface area contributed by atoms with Crippen molar-refractivity contribution < 1.29 is 14.4 Å². The van der Waals surface area contributed by atoms with Crippen LogP contribution in [0.3, 0.4) is 0 Å². The Morgan fingerprint density at radius 3 is 2.19 bits per heavy atom. The van der Waals surface area contributed by atoms with E-state index < -0.39 is 0 Å². The molecule has 164 valence electrons. The van der Waals surface area contributed by atoms with Crippen molar-refractivity contribution in [2.75, 3.05) is 6.54 Å². The predicted molar refractivity (Wildman–Crippen MR) is 122 cm³/mol. The maximum absolute atomic E-state index is 12.8. The summed E-state index contributed by atoms with van der Waals surface area (Å²) >= 11 is 1.60. The van der Waals surface area contributed by atoms with Gasteiger partial charge in [-0.1, -0.05) is 57.0 Å². The Bertz CT molecular complexity index is 912. The lowest BCUT2D eigenvalue weighted by Crippen LogP contribution is -2.36. The fraction of sp³-hybridized carbons (Fsp3) is 0.480. The molecule has 2 fully saturated rings. The summed E-state index contributed by atoms with van der Waals surface area (Å²) in [5.74, 6) is -0.196. The van der Waals surface area contributed by atoms with E-state index in [9.17, 15) is 14.4 Å². The first kappa shape index (κ1) is 21.8. The van der Waals surface area contributed by atoms with Gasteiger partial charge in [0.25, 0.3) is 0 Å². The zero-order valence-corrected chi connectivity index (χ0v) is 19.0. The number of likely N-dealkylation sites (tertiary alicyclic amines) is 1. The molecule has 2 aromatic rings. The number of imide groups is 1. The summed E-state index contributed by atoms with van der Waals surface area (Å²) in [6, 6.07) is 12.1. The number of nitrogens with zero attached hydrogens (tertiary/aromatic N) is 1. The van der Waals surface area contributed by atoms with Crippen molar-refractivity contribution >= 4 is 29.1 Å². The second kappa shape index (κ2) is 9.35. The fourth-order valence-electron chi connectivity index (χ4n) is 4.75. The highest BCUT2D eigenvalue weighted by atomic mass is 32.1. The molecule has 2 aliphatic rings. The van der Waals surface area contributed by atoms with Gasteiger partial charge in [-0.15, -0.1) is 11.3 Å². The molecule has 1 saturated carbocycles. The molecule has 0 radical (unpaired) electrons. The number of fused-ring (bicyclic) bond motifs is 1. The molecular weight excluding hydrogens is 408 g/mol. The van der Waals surface area contributed by atoms with E-state index in [0.29, 0.717) is 5.92 Å². The van der Waals surface area contributed by atoms with Crippen LogP contribution in [-0.2, 0) is 14.4 Å². The Balaban J connectivity index is 1.42. The van der Waals surface area contributed by atoms with Crippen LogP contribution in [0.2, 0.25) is 0 Å².